The van der Waals surface area contributed by atoms with E-state index in [1.807, 2.05) is 79.2 Å². The van der Waals surface area contributed by atoms with Crippen molar-refractivity contribution in [2.45, 2.75) is 20.0 Å². The predicted molar refractivity (Wildman–Crippen MR) is 115 cm³/mol. The van der Waals surface area contributed by atoms with E-state index in [2.05, 4.69) is 5.32 Å². The number of aromatic nitrogens is 2. The highest BCUT2D eigenvalue weighted by Crippen LogP contribution is 2.31. The minimum atomic E-state index is -0.708. The molecule has 0 radical (unpaired) electrons. The van der Waals surface area contributed by atoms with Crippen LogP contribution in [0, 0.1) is 13.8 Å². The molecule has 0 spiro atoms. The second kappa shape index (κ2) is 7.22. The summed E-state index contributed by atoms with van der Waals surface area (Å²) in [4.78, 5) is 17.6. The Labute approximate surface area is 174 Å². The molecule has 1 amide bonds. The van der Waals surface area contributed by atoms with Gasteiger partial charge in [0.15, 0.2) is 11.5 Å². The van der Waals surface area contributed by atoms with Crippen LogP contribution in [0.15, 0.2) is 67.0 Å². The van der Waals surface area contributed by atoms with Gasteiger partial charge in [-0.05, 0) is 49.2 Å². The Kier molecular flexibility index (Phi) is 4.39. The number of hydrogen-bond acceptors (Lipinski definition) is 4. The molecule has 0 unspecified atom stereocenters. The number of amides is 1. The number of benzene rings is 2. The summed E-state index contributed by atoms with van der Waals surface area (Å²) in [5.74, 6) is 0.993. The van der Waals surface area contributed by atoms with Gasteiger partial charge in [0.2, 0.25) is 6.10 Å². The second-order valence-corrected chi connectivity index (χ2v) is 7.43. The minimum Gasteiger partial charge on any atom is -0.485 e. The van der Waals surface area contributed by atoms with E-state index in [1.54, 1.807) is 6.07 Å². The topological polar surface area (TPSA) is 64.9 Å². The van der Waals surface area contributed by atoms with E-state index in [-0.39, 0.29) is 12.5 Å². The van der Waals surface area contributed by atoms with Crippen molar-refractivity contribution in [3.05, 3.63) is 78.1 Å². The molecule has 1 atom stereocenters. The van der Waals surface area contributed by atoms with Gasteiger partial charge in [0.25, 0.3) is 5.91 Å². The van der Waals surface area contributed by atoms with Crippen LogP contribution in [0.2, 0.25) is 0 Å². The summed E-state index contributed by atoms with van der Waals surface area (Å²) in [6.07, 6.45) is 3.27. The van der Waals surface area contributed by atoms with Crippen LogP contribution in [0.25, 0.3) is 16.9 Å². The molecule has 4 aromatic rings. The number of carbonyl (C=O) groups is 1. The first-order chi connectivity index (χ1) is 14.6. The SMILES string of the molecule is Cc1ccc(-c2cn3cccc(C)c3n2)cc1NC(=O)[C@@H]1COc2ccccc2O1. The molecule has 0 fully saturated rings. The monoisotopic (exact) mass is 399 g/mol. The Hall–Kier alpha value is -3.80. The Morgan fingerprint density at radius 3 is 2.73 bits per heavy atom. The molecule has 2 aromatic heterocycles. The van der Waals surface area contributed by atoms with Gasteiger partial charge in [0.1, 0.15) is 12.3 Å². The number of anilines is 1. The van der Waals surface area contributed by atoms with Crippen LogP contribution in [0.1, 0.15) is 11.1 Å². The first-order valence-electron chi connectivity index (χ1n) is 9.83. The molecule has 150 valence electrons. The van der Waals surface area contributed by atoms with Crippen molar-refractivity contribution < 1.29 is 14.3 Å². The van der Waals surface area contributed by atoms with Crippen molar-refractivity contribution in [2.24, 2.45) is 0 Å². The van der Waals surface area contributed by atoms with E-state index in [0.29, 0.717) is 11.5 Å². The molecule has 2 aromatic carbocycles. The molecule has 6 nitrogen and oxygen atoms in total. The first kappa shape index (κ1) is 18.2. The fourth-order valence-corrected chi connectivity index (χ4v) is 3.57. The van der Waals surface area contributed by atoms with Crippen LogP contribution in [0.5, 0.6) is 11.5 Å². The zero-order valence-electron chi connectivity index (χ0n) is 16.8. The Balaban J connectivity index is 1.40. The summed E-state index contributed by atoms with van der Waals surface area (Å²) in [5.41, 5.74) is 5.51. The second-order valence-electron chi connectivity index (χ2n) is 7.43. The van der Waals surface area contributed by atoms with Gasteiger partial charge in [-0.15, -0.1) is 0 Å². The average Bonchev–Trinajstić information content (AvgIpc) is 3.20. The summed E-state index contributed by atoms with van der Waals surface area (Å²) in [5, 5.41) is 2.99. The smallest absolute Gasteiger partial charge is 0.269 e. The molecule has 1 aliphatic rings. The number of hydrogen-bond donors (Lipinski definition) is 1. The summed E-state index contributed by atoms with van der Waals surface area (Å²) in [6.45, 7) is 4.17. The summed E-state index contributed by atoms with van der Waals surface area (Å²) in [7, 11) is 0. The normalized spacial score (nSPS) is 15.2. The minimum absolute atomic E-state index is 0.174. The van der Waals surface area contributed by atoms with Crippen molar-refractivity contribution in [1.82, 2.24) is 9.38 Å². The molecule has 0 aliphatic carbocycles. The lowest BCUT2D eigenvalue weighted by atomic mass is 10.1. The lowest BCUT2D eigenvalue weighted by Gasteiger charge is -2.25. The van der Waals surface area contributed by atoms with Crippen LogP contribution < -0.4 is 14.8 Å². The quantitative estimate of drug-likeness (QED) is 0.555. The number of carbonyl (C=O) groups excluding carboxylic acids is 1. The molecular weight excluding hydrogens is 378 g/mol. The standard InChI is InChI=1S/C24H21N3O3/c1-15-9-10-17(19-13-27-11-5-6-16(2)23(27)25-19)12-18(15)26-24(28)22-14-29-20-7-3-4-8-21(20)30-22/h3-13,22H,14H2,1-2H3,(H,26,28)/t22-/m0/s1. The Bertz CT molecular complexity index is 1260. The highest BCUT2D eigenvalue weighted by atomic mass is 16.6. The maximum Gasteiger partial charge on any atom is 0.269 e. The zero-order chi connectivity index (χ0) is 20.7. The number of pyridine rings is 1. The number of nitrogens with one attached hydrogen (secondary N) is 1. The third-order valence-corrected chi connectivity index (χ3v) is 5.27. The molecule has 1 aliphatic heterocycles. The number of para-hydroxylation sites is 2. The van der Waals surface area contributed by atoms with Crippen LogP contribution in [-0.4, -0.2) is 28.0 Å². The van der Waals surface area contributed by atoms with Gasteiger partial charge in [0.05, 0.1) is 5.69 Å². The molecule has 3 heterocycles. The van der Waals surface area contributed by atoms with E-state index < -0.39 is 6.10 Å². The molecule has 0 saturated carbocycles. The maximum atomic E-state index is 12.8. The van der Waals surface area contributed by atoms with Gasteiger partial charge >= 0.3 is 0 Å². The number of ether oxygens (including phenoxy) is 2. The van der Waals surface area contributed by atoms with Crippen molar-refractivity contribution in [2.75, 3.05) is 11.9 Å². The number of imidazole rings is 1. The Morgan fingerprint density at radius 2 is 1.90 bits per heavy atom. The summed E-state index contributed by atoms with van der Waals surface area (Å²) < 4.78 is 13.5. The summed E-state index contributed by atoms with van der Waals surface area (Å²) >= 11 is 0. The van der Waals surface area contributed by atoms with Gasteiger partial charge in [-0.25, -0.2) is 4.98 Å². The van der Waals surface area contributed by atoms with Crippen molar-refractivity contribution in [3.8, 4) is 22.8 Å². The van der Waals surface area contributed by atoms with E-state index in [1.165, 1.54) is 0 Å². The van der Waals surface area contributed by atoms with E-state index in [0.717, 1.165) is 33.7 Å². The van der Waals surface area contributed by atoms with Gasteiger partial charge < -0.3 is 19.2 Å². The molecule has 1 N–H and O–H groups in total. The van der Waals surface area contributed by atoms with Gasteiger partial charge in [-0.2, -0.15) is 0 Å². The molecular formula is C24H21N3O3. The number of nitrogens with zero attached hydrogens (tertiary/aromatic N) is 2. The van der Waals surface area contributed by atoms with Gasteiger partial charge in [-0.1, -0.05) is 30.3 Å². The van der Waals surface area contributed by atoms with Crippen LogP contribution in [0.3, 0.4) is 0 Å². The zero-order valence-corrected chi connectivity index (χ0v) is 16.8. The van der Waals surface area contributed by atoms with Gasteiger partial charge in [-0.3, -0.25) is 4.79 Å². The fraction of sp³-hybridized carbons (Fsp3) is 0.167. The van der Waals surface area contributed by atoms with Crippen LogP contribution in [0.4, 0.5) is 5.69 Å². The molecule has 0 saturated heterocycles. The molecule has 0 bridgehead atoms. The van der Waals surface area contributed by atoms with Gasteiger partial charge in [0, 0.05) is 23.6 Å². The van der Waals surface area contributed by atoms with E-state index in [9.17, 15) is 4.79 Å². The van der Waals surface area contributed by atoms with E-state index >= 15 is 0 Å². The third-order valence-electron chi connectivity index (χ3n) is 5.27. The van der Waals surface area contributed by atoms with Crippen LogP contribution >= 0.6 is 0 Å². The third kappa shape index (κ3) is 3.26. The highest BCUT2D eigenvalue weighted by Gasteiger charge is 2.27. The average molecular weight is 399 g/mol. The maximum absolute atomic E-state index is 12.8. The molecule has 6 heteroatoms. The molecule has 30 heavy (non-hydrogen) atoms. The predicted octanol–water partition coefficient (Wildman–Crippen LogP) is 4.40. The van der Waals surface area contributed by atoms with Crippen molar-refractivity contribution in [1.29, 1.82) is 0 Å². The fourth-order valence-electron chi connectivity index (χ4n) is 3.57. The molecule has 5 rings (SSSR count). The largest absolute Gasteiger partial charge is 0.485 e. The van der Waals surface area contributed by atoms with Crippen molar-refractivity contribution in [3.63, 3.8) is 0 Å². The Morgan fingerprint density at radius 1 is 1.07 bits per heavy atom. The van der Waals surface area contributed by atoms with Crippen molar-refractivity contribution >= 4 is 17.2 Å². The number of fused-ring (bicyclic) bond motifs is 2. The number of rotatable bonds is 3. The first-order valence-corrected chi connectivity index (χ1v) is 9.83. The van der Waals surface area contributed by atoms with Crippen LogP contribution in [-0.2, 0) is 4.79 Å². The lowest BCUT2D eigenvalue weighted by Crippen LogP contribution is -2.40. The number of aryl methyl sites for hydroxylation is 2. The highest BCUT2D eigenvalue weighted by molar-refractivity contribution is 5.96. The summed E-state index contributed by atoms with van der Waals surface area (Å²) in [6, 6.07) is 17.3. The van der Waals surface area contributed by atoms with E-state index in [4.69, 9.17) is 14.5 Å². The lowest BCUT2D eigenvalue weighted by molar-refractivity contribution is -0.125.